The molecule has 2 N–H and O–H groups in total. The number of hydrogen-bond donors (Lipinski definition) is 2. The van der Waals surface area contributed by atoms with Crippen molar-refractivity contribution in [3.8, 4) is 11.8 Å². The lowest BCUT2D eigenvalue weighted by Gasteiger charge is -2.17. The van der Waals surface area contributed by atoms with Crippen LogP contribution in [0.3, 0.4) is 0 Å². The number of carboxylic acid groups (broad SMARTS) is 2. The lowest BCUT2D eigenvalue weighted by molar-refractivity contribution is -0.126. The van der Waals surface area contributed by atoms with E-state index in [1.54, 1.807) is 29.4 Å². The van der Waals surface area contributed by atoms with Crippen LogP contribution < -0.4 is 0 Å². The Hall–Kier alpha value is -3.86. The van der Waals surface area contributed by atoms with Gasteiger partial charge in [-0.3, -0.25) is 4.79 Å². The third kappa shape index (κ3) is 4.41. The number of aryl methyl sites for hydroxylation is 1. The molecule has 0 atom stereocenters. The normalized spacial score (nSPS) is 11.1. The van der Waals surface area contributed by atoms with Crippen molar-refractivity contribution in [3.63, 3.8) is 0 Å². The second-order valence-electron chi connectivity index (χ2n) is 6.69. The Bertz CT molecular complexity index is 1050. The molecule has 1 heterocycles. The highest BCUT2D eigenvalue weighted by atomic mass is 16.4. The number of benzene rings is 1. The molecule has 0 saturated heterocycles. The van der Waals surface area contributed by atoms with E-state index in [0.29, 0.717) is 35.7 Å². The predicted octanol–water partition coefficient (Wildman–Crippen LogP) is 3.27. The molecule has 0 bridgehead atoms. The molecular weight excluding hydrogens is 386 g/mol. The molecule has 30 heavy (non-hydrogen) atoms. The Kier molecular flexibility index (Phi) is 6.80. The van der Waals surface area contributed by atoms with Gasteiger partial charge in [0.05, 0.1) is 11.1 Å². The molecular formula is C22H23N3O5. The van der Waals surface area contributed by atoms with Crippen molar-refractivity contribution in [2.75, 3.05) is 13.1 Å². The highest BCUT2D eigenvalue weighted by Crippen LogP contribution is 2.25. The number of hydrogen-bond acceptors (Lipinski definition) is 4. The van der Waals surface area contributed by atoms with E-state index < -0.39 is 11.9 Å². The fourth-order valence-corrected chi connectivity index (χ4v) is 3.30. The smallest absolute Gasteiger partial charge is 0.335 e. The summed E-state index contributed by atoms with van der Waals surface area (Å²) < 4.78 is 1.70. The van der Waals surface area contributed by atoms with Crippen LogP contribution in [0.5, 0.6) is 0 Å². The summed E-state index contributed by atoms with van der Waals surface area (Å²) >= 11 is 0. The van der Waals surface area contributed by atoms with Crippen molar-refractivity contribution in [3.05, 3.63) is 57.9 Å². The zero-order valence-corrected chi connectivity index (χ0v) is 17.3. The van der Waals surface area contributed by atoms with Crippen molar-refractivity contribution in [2.24, 2.45) is 0 Å². The quantitative estimate of drug-likeness (QED) is 0.534. The molecule has 0 saturated carbocycles. The third-order valence-electron chi connectivity index (χ3n) is 4.84. The van der Waals surface area contributed by atoms with Crippen molar-refractivity contribution in [1.82, 2.24) is 9.47 Å². The van der Waals surface area contributed by atoms with Crippen LogP contribution >= 0.6 is 0 Å². The number of likely N-dealkylation sites (N-methyl/N-ethyl adjacent to an activating group) is 1. The van der Waals surface area contributed by atoms with Gasteiger partial charge < -0.3 is 19.7 Å². The van der Waals surface area contributed by atoms with Gasteiger partial charge in [0.25, 0.3) is 5.91 Å². The summed E-state index contributed by atoms with van der Waals surface area (Å²) in [5, 5.41) is 28.1. The van der Waals surface area contributed by atoms with Crippen LogP contribution in [0, 0.1) is 25.2 Å². The van der Waals surface area contributed by atoms with Gasteiger partial charge in [-0.1, -0.05) is 0 Å². The highest BCUT2D eigenvalue weighted by molar-refractivity contribution is 6.02. The first-order valence-electron chi connectivity index (χ1n) is 9.36. The highest BCUT2D eigenvalue weighted by Gasteiger charge is 2.19. The Balaban J connectivity index is 2.63. The molecule has 1 aromatic heterocycles. The summed E-state index contributed by atoms with van der Waals surface area (Å²) in [5.41, 5.74) is 2.02. The monoisotopic (exact) mass is 409 g/mol. The zero-order valence-electron chi connectivity index (χ0n) is 17.3. The van der Waals surface area contributed by atoms with E-state index in [0.717, 1.165) is 6.07 Å². The van der Waals surface area contributed by atoms with E-state index in [1.165, 1.54) is 18.2 Å². The second kappa shape index (κ2) is 9.09. The number of nitrogens with zero attached hydrogens (tertiary/aromatic N) is 3. The minimum Gasteiger partial charge on any atom is -0.478 e. The Morgan fingerprint density at radius 1 is 1.03 bits per heavy atom. The summed E-state index contributed by atoms with van der Waals surface area (Å²) in [4.78, 5) is 36.9. The maximum atomic E-state index is 12.6. The molecule has 1 aromatic carbocycles. The molecule has 0 radical (unpaired) electrons. The van der Waals surface area contributed by atoms with Gasteiger partial charge in [0, 0.05) is 30.2 Å². The minimum atomic E-state index is -1.24. The van der Waals surface area contributed by atoms with Crippen molar-refractivity contribution < 1.29 is 24.6 Å². The van der Waals surface area contributed by atoms with Crippen molar-refractivity contribution in [2.45, 2.75) is 27.7 Å². The standard InChI is InChI=1S/C22H23N3O5/c1-5-24(6-2)20(26)18(12-23)8-15-7-13(3)25(14(15)4)19-10-16(21(27)28)9-17(11-19)22(29)30/h7-11H,5-6H2,1-4H3,(H,27,28)(H,29,30)/b18-8-. The van der Waals surface area contributed by atoms with E-state index in [1.807, 2.05) is 19.9 Å². The molecule has 0 aliphatic heterocycles. The number of aromatic nitrogens is 1. The Labute approximate surface area is 174 Å². The summed E-state index contributed by atoms with van der Waals surface area (Å²) in [7, 11) is 0. The first kappa shape index (κ1) is 22.4. The number of carbonyl (C=O) groups is 3. The van der Waals surface area contributed by atoms with Gasteiger partial charge in [-0.05, 0) is 63.6 Å². The number of rotatable bonds is 7. The van der Waals surface area contributed by atoms with Crippen LogP contribution in [0.25, 0.3) is 11.8 Å². The van der Waals surface area contributed by atoms with Crippen LogP contribution in [0.15, 0.2) is 29.8 Å². The largest absolute Gasteiger partial charge is 0.478 e. The SMILES string of the molecule is CCN(CC)C(=O)/C(C#N)=C\c1cc(C)n(-c2cc(C(=O)O)cc(C(=O)O)c2)c1C. The summed E-state index contributed by atoms with van der Waals surface area (Å²) in [6, 6.07) is 7.57. The second-order valence-corrected chi connectivity index (χ2v) is 6.69. The summed E-state index contributed by atoms with van der Waals surface area (Å²) in [6.45, 7) is 8.15. The van der Waals surface area contributed by atoms with Gasteiger partial charge in [0.1, 0.15) is 11.6 Å². The van der Waals surface area contributed by atoms with E-state index >= 15 is 0 Å². The molecule has 156 valence electrons. The van der Waals surface area contributed by atoms with Crippen LogP contribution in [0.2, 0.25) is 0 Å². The minimum absolute atomic E-state index is 0.00976. The fraction of sp³-hybridized carbons (Fsp3) is 0.273. The zero-order chi connectivity index (χ0) is 22.6. The van der Waals surface area contributed by atoms with Crippen LogP contribution in [0.4, 0.5) is 0 Å². The lowest BCUT2D eigenvalue weighted by Crippen LogP contribution is -2.31. The lowest BCUT2D eigenvalue weighted by atomic mass is 10.1. The van der Waals surface area contributed by atoms with Gasteiger partial charge >= 0.3 is 11.9 Å². The van der Waals surface area contributed by atoms with E-state index in [9.17, 15) is 29.9 Å². The number of amides is 1. The summed E-state index contributed by atoms with van der Waals surface area (Å²) in [5.74, 6) is -2.84. The van der Waals surface area contributed by atoms with Gasteiger partial charge in [-0.2, -0.15) is 5.26 Å². The fourth-order valence-electron chi connectivity index (χ4n) is 3.30. The topological polar surface area (TPSA) is 124 Å². The molecule has 2 aromatic rings. The average molecular weight is 409 g/mol. The first-order chi connectivity index (χ1) is 14.1. The van der Waals surface area contributed by atoms with Gasteiger partial charge in [0.2, 0.25) is 0 Å². The number of carboxylic acids is 2. The van der Waals surface area contributed by atoms with Crippen LogP contribution in [-0.4, -0.2) is 50.6 Å². The van der Waals surface area contributed by atoms with Crippen LogP contribution in [-0.2, 0) is 4.79 Å². The molecule has 2 rings (SSSR count). The molecule has 8 heteroatoms. The number of aromatic carboxylic acids is 2. The first-order valence-corrected chi connectivity index (χ1v) is 9.36. The van der Waals surface area contributed by atoms with E-state index in [-0.39, 0.29) is 22.6 Å². The molecule has 0 spiro atoms. The molecule has 0 aliphatic carbocycles. The molecule has 1 amide bonds. The third-order valence-corrected chi connectivity index (χ3v) is 4.84. The van der Waals surface area contributed by atoms with Crippen LogP contribution in [0.1, 0.15) is 51.5 Å². The summed E-state index contributed by atoms with van der Waals surface area (Å²) in [6.07, 6.45) is 1.50. The number of carbonyl (C=O) groups excluding carboxylic acids is 1. The van der Waals surface area contributed by atoms with Gasteiger partial charge in [-0.15, -0.1) is 0 Å². The molecule has 0 unspecified atom stereocenters. The Morgan fingerprint density at radius 3 is 2.00 bits per heavy atom. The molecule has 8 nitrogen and oxygen atoms in total. The predicted molar refractivity (Wildman–Crippen MR) is 111 cm³/mol. The molecule has 0 fully saturated rings. The average Bonchev–Trinajstić information content (AvgIpc) is 2.99. The maximum absolute atomic E-state index is 12.6. The van der Waals surface area contributed by atoms with Crippen molar-refractivity contribution in [1.29, 1.82) is 5.26 Å². The Morgan fingerprint density at radius 2 is 1.57 bits per heavy atom. The van der Waals surface area contributed by atoms with Crippen molar-refractivity contribution >= 4 is 23.9 Å². The number of nitriles is 1. The van der Waals surface area contributed by atoms with Gasteiger partial charge in [0.15, 0.2) is 0 Å². The van der Waals surface area contributed by atoms with E-state index in [2.05, 4.69) is 0 Å². The maximum Gasteiger partial charge on any atom is 0.335 e. The van der Waals surface area contributed by atoms with Gasteiger partial charge in [-0.25, -0.2) is 9.59 Å². The van der Waals surface area contributed by atoms with E-state index in [4.69, 9.17) is 0 Å². The molecule has 0 aliphatic rings.